The van der Waals surface area contributed by atoms with Crippen LogP contribution in [0.5, 0.6) is 0 Å². The summed E-state index contributed by atoms with van der Waals surface area (Å²) in [4.78, 5) is 16.0. The second kappa shape index (κ2) is 9.07. The van der Waals surface area contributed by atoms with Crippen LogP contribution in [0.25, 0.3) is 11.5 Å². The topological polar surface area (TPSA) is 76.4 Å². The Bertz CT molecular complexity index is 608. The lowest BCUT2D eigenvalue weighted by atomic mass is 10.1. The molecule has 124 valence electrons. The molecular weight excluding hydrogens is 294 g/mol. The molecule has 0 fully saturated rings. The van der Waals surface area contributed by atoms with Crippen molar-refractivity contribution < 1.29 is 13.9 Å². The largest absolute Gasteiger partial charge is 0.444 e. The maximum absolute atomic E-state index is 11.6. The molecule has 2 rings (SSSR count). The van der Waals surface area contributed by atoms with Crippen LogP contribution in [-0.4, -0.2) is 44.2 Å². The van der Waals surface area contributed by atoms with Crippen molar-refractivity contribution in [3.63, 3.8) is 0 Å². The number of methoxy groups -OCH3 is 1. The van der Waals surface area contributed by atoms with Gasteiger partial charge in [-0.1, -0.05) is 17.7 Å². The molecule has 6 heteroatoms. The van der Waals surface area contributed by atoms with E-state index >= 15 is 0 Å². The fourth-order valence-electron chi connectivity index (χ4n) is 2.02. The molecule has 0 saturated carbocycles. The molecule has 0 aliphatic rings. The summed E-state index contributed by atoms with van der Waals surface area (Å²) >= 11 is 0. The van der Waals surface area contributed by atoms with Gasteiger partial charge < -0.3 is 19.8 Å². The molecule has 0 bridgehead atoms. The number of amides is 1. The monoisotopic (exact) mass is 317 g/mol. The number of benzene rings is 1. The van der Waals surface area contributed by atoms with Gasteiger partial charge in [0.15, 0.2) is 0 Å². The van der Waals surface area contributed by atoms with Crippen molar-refractivity contribution >= 4 is 5.91 Å². The smallest absolute Gasteiger partial charge is 0.233 e. The van der Waals surface area contributed by atoms with Crippen molar-refractivity contribution in [2.75, 3.05) is 33.4 Å². The molecule has 1 heterocycles. The minimum absolute atomic E-state index is 0.0386. The number of nitrogens with one attached hydrogen (secondary N) is 2. The van der Waals surface area contributed by atoms with E-state index in [4.69, 9.17) is 9.15 Å². The Hall–Kier alpha value is -2.18. The van der Waals surface area contributed by atoms with Crippen molar-refractivity contribution in [1.29, 1.82) is 0 Å². The SMILES string of the molecule is COCCNCC(=O)NCCc1coc(-c2ccc(C)cc2)n1. The molecule has 2 aromatic rings. The van der Waals surface area contributed by atoms with Gasteiger partial charge in [-0.15, -0.1) is 0 Å². The van der Waals surface area contributed by atoms with Gasteiger partial charge in [-0.05, 0) is 19.1 Å². The third-order valence-electron chi connectivity index (χ3n) is 3.32. The number of hydrogen-bond acceptors (Lipinski definition) is 5. The Morgan fingerprint density at radius 1 is 1.26 bits per heavy atom. The zero-order valence-corrected chi connectivity index (χ0v) is 13.6. The Morgan fingerprint density at radius 2 is 2.04 bits per heavy atom. The molecule has 0 radical (unpaired) electrons. The molecule has 23 heavy (non-hydrogen) atoms. The van der Waals surface area contributed by atoms with E-state index < -0.39 is 0 Å². The highest BCUT2D eigenvalue weighted by atomic mass is 16.5. The number of ether oxygens (including phenoxy) is 1. The van der Waals surface area contributed by atoms with Gasteiger partial charge >= 0.3 is 0 Å². The van der Waals surface area contributed by atoms with Gasteiger partial charge in [0.1, 0.15) is 6.26 Å². The van der Waals surface area contributed by atoms with Crippen LogP contribution >= 0.6 is 0 Å². The highest BCUT2D eigenvalue weighted by Crippen LogP contribution is 2.19. The Morgan fingerprint density at radius 3 is 2.78 bits per heavy atom. The second-order valence-electron chi connectivity index (χ2n) is 5.28. The van der Waals surface area contributed by atoms with Crippen molar-refractivity contribution in [1.82, 2.24) is 15.6 Å². The molecular formula is C17H23N3O3. The summed E-state index contributed by atoms with van der Waals surface area (Å²) in [5.74, 6) is 0.566. The van der Waals surface area contributed by atoms with E-state index in [0.717, 1.165) is 11.3 Å². The molecule has 1 aromatic carbocycles. The third kappa shape index (κ3) is 5.84. The standard InChI is InChI=1S/C17H23N3O3/c1-13-3-5-14(6-4-13)17-20-15(12-23-17)7-8-19-16(21)11-18-9-10-22-2/h3-6,12,18H,7-11H2,1-2H3,(H,19,21). The number of oxazole rings is 1. The maximum Gasteiger partial charge on any atom is 0.233 e. The van der Waals surface area contributed by atoms with Gasteiger partial charge in [0.05, 0.1) is 18.8 Å². The quantitative estimate of drug-likeness (QED) is 0.686. The number of nitrogens with zero attached hydrogens (tertiary/aromatic N) is 1. The van der Waals surface area contributed by atoms with Crippen molar-refractivity contribution in [2.24, 2.45) is 0 Å². The summed E-state index contributed by atoms with van der Waals surface area (Å²) in [7, 11) is 1.63. The van der Waals surface area contributed by atoms with Crippen LogP contribution in [0, 0.1) is 6.92 Å². The zero-order chi connectivity index (χ0) is 16.5. The normalized spacial score (nSPS) is 10.7. The van der Waals surface area contributed by atoms with Crippen LogP contribution in [0.2, 0.25) is 0 Å². The van der Waals surface area contributed by atoms with Crippen LogP contribution in [-0.2, 0) is 16.0 Å². The average molecular weight is 317 g/mol. The number of hydrogen-bond donors (Lipinski definition) is 2. The maximum atomic E-state index is 11.6. The fraction of sp³-hybridized carbons (Fsp3) is 0.412. The summed E-state index contributed by atoms with van der Waals surface area (Å²) in [5.41, 5.74) is 2.98. The number of aromatic nitrogens is 1. The summed E-state index contributed by atoms with van der Waals surface area (Å²) in [6.07, 6.45) is 2.28. The molecule has 2 N–H and O–H groups in total. The van der Waals surface area contributed by atoms with E-state index in [0.29, 0.717) is 32.0 Å². The molecule has 0 spiro atoms. The number of rotatable bonds is 9. The Kier molecular flexibility index (Phi) is 6.77. The van der Waals surface area contributed by atoms with Gasteiger partial charge in [0.25, 0.3) is 0 Å². The third-order valence-corrected chi connectivity index (χ3v) is 3.32. The number of aryl methyl sites for hydroxylation is 1. The van der Waals surface area contributed by atoms with Gasteiger partial charge in [0, 0.05) is 32.2 Å². The molecule has 1 amide bonds. The second-order valence-corrected chi connectivity index (χ2v) is 5.28. The highest BCUT2D eigenvalue weighted by Gasteiger charge is 2.07. The van der Waals surface area contributed by atoms with Crippen LogP contribution in [0.3, 0.4) is 0 Å². The zero-order valence-electron chi connectivity index (χ0n) is 13.6. The summed E-state index contributed by atoms with van der Waals surface area (Å²) in [6.45, 7) is 4.11. The molecule has 0 saturated heterocycles. The van der Waals surface area contributed by atoms with Crippen LogP contribution < -0.4 is 10.6 Å². The van der Waals surface area contributed by atoms with Gasteiger partial charge in [0.2, 0.25) is 11.8 Å². The average Bonchev–Trinajstić information content (AvgIpc) is 3.01. The van der Waals surface area contributed by atoms with Crippen LogP contribution in [0.1, 0.15) is 11.3 Å². The molecule has 0 aliphatic heterocycles. The van der Waals surface area contributed by atoms with Crippen LogP contribution in [0.4, 0.5) is 0 Å². The summed E-state index contributed by atoms with van der Waals surface area (Å²) < 4.78 is 10.4. The molecule has 0 atom stereocenters. The van der Waals surface area contributed by atoms with Gasteiger partial charge in [-0.3, -0.25) is 4.79 Å². The summed E-state index contributed by atoms with van der Waals surface area (Å²) in [5, 5.41) is 5.83. The predicted octanol–water partition coefficient (Wildman–Crippen LogP) is 1.54. The van der Waals surface area contributed by atoms with Crippen LogP contribution in [0.15, 0.2) is 34.9 Å². The Labute approximate surface area is 136 Å². The first-order valence-corrected chi connectivity index (χ1v) is 7.67. The van der Waals surface area contributed by atoms with Gasteiger partial charge in [-0.2, -0.15) is 0 Å². The first kappa shape index (κ1) is 17.2. The predicted molar refractivity (Wildman–Crippen MR) is 88.1 cm³/mol. The first-order valence-electron chi connectivity index (χ1n) is 7.67. The molecule has 0 aliphatic carbocycles. The molecule has 1 aromatic heterocycles. The lowest BCUT2D eigenvalue weighted by Crippen LogP contribution is -2.36. The van der Waals surface area contributed by atoms with Crippen molar-refractivity contribution in [3.05, 3.63) is 41.8 Å². The molecule has 0 unspecified atom stereocenters. The van der Waals surface area contributed by atoms with Gasteiger partial charge in [-0.25, -0.2) is 4.98 Å². The van der Waals surface area contributed by atoms with E-state index in [-0.39, 0.29) is 12.5 Å². The molecule has 6 nitrogen and oxygen atoms in total. The van der Waals surface area contributed by atoms with Crippen molar-refractivity contribution in [3.8, 4) is 11.5 Å². The number of carbonyl (C=O) groups excluding carboxylic acids is 1. The van der Waals surface area contributed by atoms with Crippen molar-refractivity contribution in [2.45, 2.75) is 13.3 Å². The van der Waals surface area contributed by atoms with E-state index in [9.17, 15) is 4.79 Å². The minimum atomic E-state index is -0.0386. The van der Waals surface area contributed by atoms with E-state index in [1.54, 1.807) is 13.4 Å². The minimum Gasteiger partial charge on any atom is -0.444 e. The van der Waals surface area contributed by atoms with E-state index in [2.05, 4.69) is 15.6 Å². The lowest BCUT2D eigenvalue weighted by molar-refractivity contribution is -0.120. The first-order chi connectivity index (χ1) is 11.2. The lowest BCUT2D eigenvalue weighted by Gasteiger charge is -2.05. The summed E-state index contributed by atoms with van der Waals surface area (Å²) in [6, 6.07) is 8.02. The van der Waals surface area contributed by atoms with E-state index in [1.807, 2.05) is 31.2 Å². The Balaban J connectivity index is 1.72. The number of carbonyl (C=O) groups is 1. The van der Waals surface area contributed by atoms with E-state index in [1.165, 1.54) is 5.56 Å². The fourth-order valence-corrected chi connectivity index (χ4v) is 2.02. The highest BCUT2D eigenvalue weighted by molar-refractivity contribution is 5.77.